The molecule has 0 radical (unpaired) electrons. The first-order chi connectivity index (χ1) is 8.56. The predicted molar refractivity (Wildman–Crippen MR) is 75.3 cm³/mol. The first-order valence-electron chi connectivity index (χ1n) is 6.18. The third-order valence-corrected chi connectivity index (χ3v) is 5.09. The van der Waals surface area contributed by atoms with Crippen LogP contribution in [-0.4, -0.2) is 16.8 Å². The lowest BCUT2D eigenvalue weighted by Gasteiger charge is -2.38. The third kappa shape index (κ3) is 2.91. The van der Waals surface area contributed by atoms with Gasteiger partial charge in [0, 0.05) is 5.33 Å². The van der Waals surface area contributed by atoms with Crippen LogP contribution in [0.1, 0.15) is 43.0 Å². The van der Waals surface area contributed by atoms with Crippen LogP contribution in [-0.2, 0) is 0 Å². The van der Waals surface area contributed by atoms with Crippen molar-refractivity contribution in [1.82, 2.24) is 5.32 Å². The topological polar surface area (TPSA) is 42.2 Å². The maximum absolute atomic E-state index is 12.2. The molecule has 0 spiro atoms. The van der Waals surface area contributed by atoms with Crippen LogP contribution >= 0.6 is 27.5 Å². The maximum Gasteiger partial charge on any atom is 0.256 e. The van der Waals surface area contributed by atoms with E-state index in [-0.39, 0.29) is 16.7 Å². The predicted octanol–water partition coefficient (Wildman–Crippen LogP) is 4.01. The van der Waals surface area contributed by atoms with Crippen LogP contribution in [0.15, 0.2) is 16.7 Å². The molecule has 0 saturated heterocycles. The van der Waals surface area contributed by atoms with Crippen LogP contribution in [0.25, 0.3) is 0 Å². The Morgan fingerprint density at radius 3 is 2.78 bits per heavy atom. The van der Waals surface area contributed by atoms with Crippen LogP contribution in [0, 0.1) is 5.92 Å². The molecule has 0 aromatic carbocycles. The number of rotatable bonds is 3. The zero-order chi connectivity index (χ0) is 13.2. The highest BCUT2D eigenvalue weighted by Gasteiger charge is 2.35. The number of nitrogens with one attached hydrogen (secondary N) is 1. The van der Waals surface area contributed by atoms with Crippen LogP contribution in [0.5, 0.6) is 0 Å². The Morgan fingerprint density at radius 2 is 2.28 bits per heavy atom. The number of halogens is 2. The SMILES string of the molecule is CC1CCC(CBr)(NC(=O)c2ccoc2Cl)CC1. The first-order valence-corrected chi connectivity index (χ1v) is 7.68. The van der Waals surface area contributed by atoms with Crippen molar-refractivity contribution < 1.29 is 9.21 Å². The van der Waals surface area contributed by atoms with E-state index in [9.17, 15) is 4.79 Å². The third-order valence-electron chi connectivity index (χ3n) is 3.73. The molecule has 1 aliphatic carbocycles. The molecule has 1 aliphatic rings. The number of carbonyl (C=O) groups is 1. The van der Waals surface area contributed by atoms with Crippen molar-refractivity contribution in [3.63, 3.8) is 0 Å². The number of amides is 1. The summed E-state index contributed by atoms with van der Waals surface area (Å²) in [6, 6.07) is 1.60. The van der Waals surface area contributed by atoms with Crippen LogP contribution < -0.4 is 5.32 Å². The average Bonchev–Trinajstić information content (AvgIpc) is 2.79. The fourth-order valence-corrected chi connectivity index (χ4v) is 3.27. The molecular weight excluding hydrogens is 318 g/mol. The summed E-state index contributed by atoms with van der Waals surface area (Å²) in [7, 11) is 0. The van der Waals surface area contributed by atoms with Gasteiger partial charge in [0.25, 0.3) is 5.91 Å². The van der Waals surface area contributed by atoms with Gasteiger partial charge in [-0.1, -0.05) is 22.9 Å². The van der Waals surface area contributed by atoms with E-state index in [2.05, 4.69) is 28.2 Å². The Morgan fingerprint density at radius 1 is 1.61 bits per heavy atom. The van der Waals surface area contributed by atoms with Gasteiger partial charge in [0.2, 0.25) is 5.22 Å². The highest BCUT2D eigenvalue weighted by molar-refractivity contribution is 9.09. The fraction of sp³-hybridized carbons (Fsp3) is 0.615. The largest absolute Gasteiger partial charge is 0.452 e. The van der Waals surface area contributed by atoms with Gasteiger partial charge < -0.3 is 9.73 Å². The van der Waals surface area contributed by atoms with Gasteiger partial charge in [-0.25, -0.2) is 0 Å². The smallest absolute Gasteiger partial charge is 0.256 e. The normalized spacial score (nSPS) is 28.1. The molecule has 5 heteroatoms. The number of carbonyl (C=O) groups excluding carboxylic acids is 1. The summed E-state index contributed by atoms with van der Waals surface area (Å²) >= 11 is 9.35. The average molecular weight is 335 g/mol. The highest BCUT2D eigenvalue weighted by Crippen LogP contribution is 2.33. The van der Waals surface area contributed by atoms with Gasteiger partial charge >= 0.3 is 0 Å². The van der Waals surface area contributed by atoms with Crippen molar-refractivity contribution in [3.8, 4) is 0 Å². The van der Waals surface area contributed by atoms with E-state index in [0.717, 1.165) is 36.9 Å². The summed E-state index contributed by atoms with van der Waals surface area (Å²) in [5, 5.41) is 4.04. The summed E-state index contributed by atoms with van der Waals surface area (Å²) in [6.07, 6.45) is 5.72. The monoisotopic (exact) mass is 333 g/mol. The van der Waals surface area contributed by atoms with Crippen molar-refractivity contribution in [3.05, 3.63) is 23.1 Å². The number of hydrogen-bond donors (Lipinski definition) is 1. The van der Waals surface area contributed by atoms with Crippen molar-refractivity contribution in [2.75, 3.05) is 5.33 Å². The molecule has 0 unspecified atom stereocenters. The van der Waals surface area contributed by atoms with E-state index in [1.54, 1.807) is 6.07 Å². The lowest BCUT2D eigenvalue weighted by molar-refractivity contribution is 0.0874. The Labute approximate surface area is 120 Å². The summed E-state index contributed by atoms with van der Waals surface area (Å²) in [5.74, 6) is 0.592. The summed E-state index contributed by atoms with van der Waals surface area (Å²) < 4.78 is 4.95. The lowest BCUT2D eigenvalue weighted by Crippen LogP contribution is -2.52. The van der Waals surface area contributed by atoms with Gasteiger partial charge in [-0.05, 0) is 49.3 Å². The van der Waals surface area contributed by atoms with Crippen molar-refractivity contribution in [1.29, 1.82) is 0 Å². The molecule has 3 nitrogen and oxygen atoms in total. The van der Waals surface area contributed by atoms with Gasteiger partial charge in [0.15, 0.2) is 0 Å². The lowest BCUT2D eigenvalue weighted by atomic mass is 9.78. The second-order valence-corrected chi connectivity index (χ2v) is 6.06. The number of furan rings is 1. The van der Waals surface area contributed by atoms with E-state index in [0.29, 0.717) is 5.56 Å². The van der Waals surface area contributed by atoms with Gasteiger partial charge in [-0.3, -0.25) is 4.79 Å². The zero-order valence-electron chi connectivity index (χ0n) is 10.3. The van der Waals surface area contributed by atoms with E-state index in [1.165, 1.54) is 6.26 Å². The van der Waals surface area contributed by atoms with Crippen LogP contribution in [0.4, 0.5) is 0 Å². The minimum atomic E-state index is -0.150. The molecule has 2 rings (SSSR count). The van der Waals surface area contributed by atoms with Gasteiger partial charge in [0.05, 0.1) is 17.4 Å². The molecule has 1 saturated carbocycles. The fourth-order valence-electron chi connectivity index (χ4n) is 2.37. The Balaban J connectivity index is 2.07. The minimum absolute atomic E-state index is 0.149. The highest BCUT2D eigenvalue weighted by atomic mass is 79.9. The molecule has 0 aliphatic heterocycles. The van der Waals surface area contributed by atoms with Gasteiger partial charge in [-0.2, -0.15) is 0 Å². The van der Waals surface area contributed by atoms with Crippen molar-refractivity contribution in [2.45, 2.75) is 38.1 Å². The Bertz CT molecular complexity index is 424. The molecule has 1 fully saturated rings. The zero-order valence-corrected chi connectivity index (χ0v) is 12.7. The van der Waals surface area contributed by atoms with Gasteiger partial charge in [-0.15, -0.1) is 0 Å². The molecular formula is C13H17BrClNO2. The summed E-state index contributed by atoms with van der Waals surface area (Å²) in [6.45, 7) is 2.26. The maximum atomic E-state index is 12.2. The molecule has 100 valence electrons. The Hall–Kier alpha value is -0.480. The van der Waals surface area contributed by atoms with E-state index < -0.39 is 0 Å². The molecule has 0 atom stereocenters. The molecule has 1 aromatic rings. The van der Waals surface area contributed by atoms with Crippen molar-refractivity contribution in [2.24, 2.45) is 5.92 Å². The number of hydrogen-bond acceptors (Lipinski definition) is 2. The van der Waals surface area contributed by atoms with Crippen LogP contribution in [0.2, 0.25) is 5.22 Å². The molecule has 0 bridgehead atoms. The first kappa shape index (κ1) is 13.9. The summed E-state index contributed by atoms with van der Waals surface area (Å²) in [4.78, 5) is 12.2. The minimum Gasteiger partial charge on any atom is -0.452 e. The molecule has 18 heavy (non-hydrogen) atoms. The van der Waals surface area contributed by atoms with Crippen LogP contribution in [0.3, 0.4) is 0 Å². The molecule has 1 aromatic heterocycles. The van der Waals surface area contributed by atoms with E-state index in [4.69, 9.17) is 16.0 Å². The standard InChI is InChI=1S/C13H17BrClNO2/c1-9-2-5-13(8-14,6-3-9)16-12(17)10-4-7-18-11(10)15/h4,7,9H,2-3,5-6,8H2,1H3,(H,16,17). The quantitative estimate of drug-likeness (QED) is 0.849. The second kappa shape index (κ2) is 5.66. The number of alkyl halides is 1. The van der Waals surface area contributed by atoms with E-state index >= 15 is 0 Å². The second-order valence-electron chi connectivity index (χ2n) is 5.16. The van der Waals surface area contributed by atoms with Crippen molar-refractivity contribution >= 4 is 33.4 Å². The van der Waals surface area contributed by atoms with Gasteiger partial charge in [0.1, 0.15) is 0 Å². The summed E-state index contributed by atoms with van der Waals surface area (Å²) in [5.41, 5.74) is 0.264. The molecule has 1 heterocycles. The molecule has 1 amide bonds. The van der Waals surface area contributed by atoms with E-state index in [1.807, 2.05) is 0 Å². The molecule has 1 N–H and O–H groups in total. The Kier molecular flexibility index (Phi) is 4.38.